The molecule has 0 saturated carbocycles. The number of benzene rings is 1. The first-order valence-corrected chi connectivity index (χ1v) is 4.74. The Labute approximate surface area is 86.8 Å². The van der Waals surface area contributed by atoms with Gasteiger partial charge >= 0.3 is 5.97 Å². The summed E-state index contributed by atoms with van der Waals surface area (Å²) in [5.74, 6) is -0.838. The van der Waals surface area contributed by atoms with Crippen molar-refractivity contribution < 1.29 is 9.90 Å². The number of fused-ring (bicyclic) bond motifs is 1. The van der Waals surface area contributed by atoms with Crippen LogP contribution in [-0.4, -0.2) is 11.1 Å². The van der Waals surface area contributed by atoms with Crippen LogP contribution < -0.4 is 0 Å². The minimum atomic E-state index is -0.838. The second-order valence-electron chi connectivity index (χ2n) is 3.29. The average molecular weight is 209 g/mol. The lowest BCUT2D eigenvalue weighted by atomic mass is 10.0. The summed E-state index contributed by atoms with van der Waals surface area (Å²) in [6, 6.07) is 7.73. The minimum absolute atomic E-state index is 0.00977. The van der Waals surface area contributed by atoms with Crippen LogP contribution >= 0.6 is 11.6 Å². The van der Waals surface area contributed by atoms with Crippen molar-refractivity contribution in [3.8, 4) is 0 Å². The van der Waals surface area contributed by atoms with Crippen LogP contribution in [-0.2, 0) is 11.2 Å². The van der Waals surface area contributed by atoms with Gasteiger partial charge in [-0.05, 0) is 16.7 Å². The zero-order valence-corrected chi connectivity index (χ0v) is 8.21. The van der Waals surface area contributed by atoms with Crippen LogP contribution in [0, 0.1) is 0 Å². The molecule has 0 fully saturated rings. The van der Waals surface area contributed by atoms with Gasteiger partial charge in [-0.1, -0.05) is 35.9 Å². The molecule has 0 saturated heterocycles. The van der Waals surface area contributed by atoms with Gasteiger partial charge in [0.1, 0.15) is 0 Å². The van der Waals surface area contributed by atoms with Gasteiger partial charge in [0.05, 0.1) is 6.42 Å². The van der Waals surface area contributed by atoms with Crippen molar-refractivity contribution in [1.82, 2.24) is 0 Å². The van der Waals surface area contributed by atoms with Gasteiger partial charge in [-0.15, -0.1) is 0 Å². The summed E-state index contributed by atoms with van der Waals surface area (Å²) in [6.07, 6.45) is 0.677. The molecule has 0 amide bonds. The highest BCUT2D eigenvalue weighted by molar-refractivity contribution is 6.34. The van der Waals surface area contributed by atoms with E-state index in [4.69, 9.17) is 16.7 Å². The van der Waals surface area contributed by atoms with Crippen LogP contribution in [0.5, 0.6) is 0 Å². The Morgan fingerprint density at radius 1 is 1.43 bits per heavy atom. The largest absolute Gasteiger partial charge is 0.481 e. The van der Waals surface area contributed by atoms with Crippen molar-refractivity contribution in [2.45, 2.75) is 12.8 Å². The first kappa shape index (κ1) is 9.28. The standard InChI is InChI=1S/C11H9ClO2/c12-10-5-7-3-1-2-4-8(7)9(10)6-11(13)14/h1-4H,5-6H2,(H,13,14). The number of carboxylic acid groups (broad SMARTS) is 1. The summed E-state index contributed by atoms with van der Waals surface area (Å²) >= 11 is 6.00. The van der Waals surface area contributed by atoms with E-state index in [-0.39, 0.29) is 6.42 Å². The Balaban J connectivity index is 2.41. The van der Waals surface area contributed by atoms with E-state index in [1.54, 1.807) is 0 Å². The topological polar surface area (TPSA) is 37.3 Å². The lowest BCUT2D eigenvalue weighted by Crippen LogP contribution is -1.96. The molecule has 2 nitrogen and oxygen atoms in total. The molecule has 0 radical (unpaired) electrons. The van der Waals surface area contributed by atoms with Crippen LogP contribution in [0.3, 0.4) is 0 Å². The molecule has 72 valence electrons. The van der Waals surface area contributed by atoms with Crippen LogP contribution in [0.2, 0.25) is 0 Å². The van der Waals surface area contributed by atoms with Crippen molar-refractivity contribution in [3.05, 3.63) is 40.4 Å². The fourth-order valence-electron chi connectivity index (χ4n) is 1.73. The van der Waals surface area contributed by atoms with Gasteiger partial charge < -0.3 is 5.11 Å². The molecular formula is C11H9ClO2. The van der Waals surface area contributed by atoms with Gasteiger partial charge in [-0.2, -0.15) is 0 Å². The maximum atomic E-state index is 10.6. The van der Waals surface area contributed by atoms with Gasteiger partial charge in [0.2, 0.25) is 0 Å². The SMILES string of the molecule is O=C(O)CC1=C(Cl)Cc2ccccc21. The smallest absolute Gasteiger partial charge is 0.307 e. The number of hydrogen-bond acceptors (Lipinski definition) is 1. The molecule has 1 aliphatic rings. The van der Waals surface area contributed by atoms with Crippen LogP contribution in [0.25, 0.3) is 5.57 Å². The monoisotopic (exact) mass is 208 g/mol. The summed E-state index contributed by atoms with van der Waals surface area (Å²) in [4.78, 5) is 10.6. The van der Waals surface area contributed by atoms with Gasteiger partial charge in [-0.25, -0.2) is 0 Å². The van der Waals surface area contributed by atoms with Crippen molar-refractivity contribution in [2.24, 2.45) is 0 Å². The maximum Gasteiger partial charge on any atom is 0.307 e. The molecule has 14 heavy (non-hydrogen) atoms. The van der Waals surface area contributed by atoms with Crippen LogP contribution in [0.4, 0.5) is 0 Å². The summed E-state index contributed by atoms with van der Waals surface area (Å²) in [7, 11) is 0. The van der Waals surface area contributed by atoms with Crippen LogP contribution in [0.1, 0.15) is 17.5 Å². The molecule has 0 atom stereocenters. The van der Waals surface area contributed by atoms with E-state index in [0.717, 1.165) is 16.7 Å². The van der Waals surface area contributed by atoms with E-state index in [2.05, 4.69) is 0 Å². The fourth-order valence-corrected chi connectivity index (χ4v) is 2.04. The second kappa shape index (κ2) is 3.46. The third kappa shape index (κ3) is 1.53. The highest BCUT2D eigenvalue weighted by Crippen LogP contribution is 2.36. The molecule has 0 aromatic heterocycles. The molecule has 1 aromatic carbocycles. The quantitative estimate of drug-likeness (QED) is 0.812. The number of carbonyl (C=O) groups is 1. The minimum Gasteiger partial charge on any atom is -0.481 e. The molecule has 0 aliphatic heterocycles. The summed E-state index contributed by atoms with van der Waals surface area (Å²) in [5, 5.41) is 9.39. The zero-order chi connectivity index (χ0) is 10.1. The summed E-state index contributed by atoms with van der Waals surface area (Å²) in [6.45, 7) is 0. The molecule has 1 aromatic rings. The number of allylic oxidation sites excluding steroid dienone is 1. The van der Waals surface area contributed by atoms with E-state index in [0.29, 0.717) is 11.5 Å². The Hall–Kier alpha value is -1.28. The first-order valence-electron chi connectivity index (χ1n) is 4.36. The molecule has 0 spiro atoms. The van der Waals surface area contributed by atoms with E-state index in [9.17, 15) is 4.79 Å². The number of halogens is 1. The number of carboxylic acids is 1. The van der Waals surface area contributed by atoms with Crippen LogP contribution in [0.15, 0.2) is 29.3 Å². The average Bonchev–Trinajstić information content (AvgIpc) is 2.43. The van der Waals surface area contributed by atoms with E-state index >= 15 is 0 Å². The molecule has 0 heterocycles. The van der Waals surface area contributed by atoms with Gasteiger partial charge in [0.25, 0.3) is 0 Å². The fraction of sp³-hybridized carbons (Fsp3) is 0.182. The summed E-state index contributed by atoms with van der Waals surface area (Å²) < 4.78 is 0. The number of aliphatic carboxylic acids is 1. The zero-order valence-electron chi connectivity index (χ0n) is 7.46. The Bertz CT molecular complexity index is 421. The van der Waals surface area contributed by atoms with E-state index in [1.165, 1.54) is 0 Å². The highest BCUT2D eigenvalue weighted by Gasteiger charge is 2.21. The summed E-state index contributed by atoms with van der Waals surface area (Å²) in [5.41, 5.74) is 2.86. The van der Waals surface area contributed by atoms with Gasteiger partial charge in [0, 0.05) is 11.5 Å². The predicted octanol–water partition coefficient (Wildman–Crippen LogP) is 2.67. The maximum absolute atomic E-state index is 10.6. The molecular weight excluding hydrogens is 200 g/mol. The molecule has 1 aliphatic carbocycles. The lowest BCUT2D eigenvalue weighted by molar-refractivity contribution is -0.135. The first-order chi connectivity index (χ1) is 6.68. The third-order valence-electron chi connectivity index (χ3n) is 2.34. The normalized spacial score (nSPS) is 14.4. The van der Waals surface area contributed by atoms with Crippen molar-refractivity contribution in [2.75, 3.05) is 0 Å². The molecule has 2 rings (SSSR count). The molecule has 0 unspecified atom stereocenters. The predicted molar refractivity (Wildman–Crippen MR) is 55.2 cm³/mol. The number of hydrogen-bond donors (Lipinski definition) is 1. The Morgan fingerprint density at radius 2 is 2.14 bits per heavy atom. The molecule has 1 N–H and O–H groups in total. The third-order valence-corrected chi connectivity index (χ3v) is 2.71. The van der Waals surface area contributed by atoms with Gasteiger partial charge in [0.15, 0.2) is 0 Å². The van der Waals surface area contributed by atoms with E-state index in [1.807, 2.05) is 24.3 Å². The van der Waals surface area contributed by atoms with Gasteiger partial charge in [-0.3, -0.25) is 4.79 Å². The molecule has 3 heteroatoms. The second-order valence-corrected chi connectivity index (χ2v) is 3.74. The van der Waals surface area contributed by atoms with Crippen molar-refractivity contribution in [3.63, 3.8) is 0 Å². The van der Waals surface area contributed by atoms with E-state index < -0.39 is 5.97 Å². The molecule has 0 bridgehead atoms. The lowest BCUT2D eigenvalue weighted by Gasteiger charge is -2.01. The number of rotatable bonds is 2. The highest BCUT2D eigenvalue weighted by atomic mass is 35.5. The Morgan fingerprint density at radius 3 is 2.86 bits per heavy atom. The van der Waals surface area contributed by atoms with Crippen molar-refractivity contribution in [1.29, 1.82) is 0 Å². The Kier molecular flexibility index (Phi) is 2.30. The van der Waals surface area contributed by atoms with Crippen molar-refractivity contribution >= 4 is 23.1 Å².